The van der Waals surface area contributed by atoms with Crippen LogP contribution in [0.1, 0.15) is 33.4 Å². The Hall–Kier alpha value is -2.19. The van der Waals surface area contributed by atoms with E-state index in [2.05, 4.69) is 84.0 Å². The topological polar surface area (TPSA) is 0 Å². The van der Waals surface area contributed by atoms with Crippen LogP contribution in [0.15, 0.2) is 42.5 Å². The van der Waals surface area contributed by atoms with Crippen LogP contribution in [0.4, 0.5) is 4.11 Å². The average Bonchev–Trinajstić information content (AvgIpc) is 2.51. The van der Waals surface area contributed by atoms with E-state index >= 15 is 4.11 Å². The smallest absolute Gasteiger partial charge is 0.272 e. The number of aryl methyl sites for hydroxylation is 6. The standard InChI is InChI=1S/C26H31FSi/c1-16-12-18(3)24(19(4)13-16)22-10-9-11-23(26(22)28(7,8)27)25-20(5)14-17(2)15-21(25)6/h9-15H,1-8H3. The lowest BCUT2D eigenvalue weighted by Gasteiger charge is -2.25. The van der Waals surface area contributed by atoms with Gasteiger partial charge in [0.2, 0.25) is 0 Å². The Labute approximate surface area is 170 Å². The first-order valence-electron chi connectivity index (χ1n) is 9.99. The van der Waals surface area contributed by atoms with Crippen LogP contribution >= 0.6 is 0 Å². The van der Waals surface area contributed by atoms with Crippen LogP contribution in [0.25, 0.3) is 22.3 Å². The summed E-state index contributed by atoms with van der Waals surface area (Å²) in [5, 5.41) is 0.917. The summed E-state index contributed by atoms with van der Waals surface area (Å²) in [4.78, 5) is 0. The summed E-state index contributed by atoms with van der Waals surface area (Å²) in [5.74, 6) is 0. The third-order valence-corrected chi connectivity index (χ3v) is 7.28. The Morgan fingerprint density at radius 1 is 0.607 bits per heavy atom. The Kier molecular flexibility index (Phi) is 5.37. The van der Waals surface area contributed by atoms with Crippen molar-refractivity contribution in [2.24, 2.45) is 0 Å². The summed E-state index contributed by atoms with van der Waals surface area (Å²) in [6, 6.07) is 15.1. The molecular formula is C26H31FSi. The Balaban J connectivity index is 2.43. The lowest BCUT2D eigenvalue weighted by Crippen LogP contribution is -2.39. The van der Waals surface area contributed by atoms with Gasteiger partial charge in [0, 0.05) is 0 Å². The van der Waals surface area contributed by atoms with Crippen molar-refractivity contribution in [2.75, 3.05) is 0 Å². The van der Waals surface area contributed by atoms with Gasteiger partial charge in [-0.3, -0.25) is 0 Å². The van der Waals surface area contributed by atoms with Gasteiger partial charge in [-0.05, 0) is 104 Å². The maximum Gasteiger partial charge on any atom is 0.272 e. The van der Waals surface area contributed by atoms with Gasteiger partial charge in [0.1, 0.15) is 0 Å². The van der Waals surface area contributed by atoms with E-state index in [4.69, 9.17) is 0 Å². The Morgan fingerprint density at radius 3 is 1.21 bits per heavy atom. The van der Waals surface area contributed by atoms with Gasteiger partial charge >= 0.3 is 0 Å². The molecule has 0 saturated carbocycles. The van der Waals surface area contributed by atoms with Gasteiger partial charge in [0.05, 0.1) is 0 Å². The zero-order valence-electron chi connectivity index (χ0n) is 18.4. The second kappa shape index (κ2) is 7.33. The number of rotatable bonds is 3. The number of benzene rings is 3. The highest BCUT2D eigenvalue weighted by atomic mass is 28.4. The fourth-order valence-electron chi connectivity index (χ4n) is 4.82. The molecule has 0 aliphatic heterocycles. The molecule has 2 heteroatoms. The van der Waals surface area contributed by atoms with Crippen LogP contribution in [-0.2, 0) is 0 Å². The Bertz CT molecular complexity index is 933. The van der Waals surface area contributed by atoms with Gasteiger partial charge in [-0.1, -0.05) is 53.6 Å². The van der Waals surface area contributed by atoms with Crippen molar-refractivity contribution >= 4 is 13.6 Å². The van der Waals surface area contributed by atoms with Crippen molar-refractivity contribution in [1.29, 1.82) is 0 Å². The molecule has 0 aliphatic rings. The van der Waals surface area contributed by atoms with Crippen LogP contribution < -0.4 is 5.19 Å². The predicted octanol–water partition coefficient (Wildman–Crippen LogP) is 7.25. The highest BCUT2D eigenvalue weighted by Crippen LogP contribution is 2.35. The second-order valence-electron chi connectivity index (χ2n) is 8.75. The molecule has 28 heavy (non-hydrogen) atoms. The summed E-state index contributed by atoms with van der Waals surface area (Å²) in [6.45, 7) is 16.4. The molecule has 0 fully saturated rings. The minimum Gasteiger partial charge on any atom is -0.308 e. The van der Waals surface area contributed by atoms with Crippen molar-refractivity contribution in [3.8, 4) is 22.3 Å². The molecule has 3 aromatic rings. The van der Waals surface area contributed by atoms with Crippen molar-refractivity contribution in [3.05, 3.63) is 75.8 Å². The van der Waals surface area contributed by atoms with E-state index in [9.17, 15) is 0 Å². The van der Waals surface area contributed by atoms with Crippen molar-refractivity contribution in [1.82, 2.24) is 0 Å². The van der Waals surface area contributed by atoms with E-state index in [1.165, 1.54) is 44.5 Å². The van der Waals surface area contributed by atoms with Gasteiger partial charge in [0.15, 0.2) is 0 Å². The molecule has 0 N–H and O–H groups in total. The fraction of sp³-hybridized carbons (Fsp3) is 0.308. The number of hydrogen-bond acceptors (Lipinski definition) is 0. The third-order valence-electron chi connectivity index (χ3n) is 5.55. The highest BCUT2D eigenvalue weighted by molar-refractivity contribution is 6.86. The average molecular weight is 391 g/mol. The summed E-state index contributed by atoms with van der Waals surface area (Å²) in [7, 11) is -3.11. The van der Waals surface area contributed by atoms with Gasteiger partial charge in [0.25, 0.3) is 8.41 Å². The van der Waals surface area contributed by atoms with Crippen molar-refractivity contribution < 1.29 is 4.11 Å². The molecule has 0 radical (unpaired) electrons. The minimum atomic E-state index is -3.11. The van der Waals surface area contributed by atoms with E-state index in [0.29, 0.717) is 0 Å². The van der Waals surface area contributed by atoms with Gasteiger partial charge in [-0.15, -0.1) is 0 Å². The molecule has 0 amide bonds. The highest BCUT2D eigenvalue weighted by Gasteiger charge is 2.32. The van der Waals surface area contributed by atoms with E-state index in [-0.39, 0.29) is 0 Å². The van der Waals surface area contributed by atoms with Gasteiger partial charge in [-0.25, -0.2) is 0 Å². The maximum absolute atomic E-state index is 15.8. The molecule has 0 aliphatic carbocycles. The summed E-state index contributed by atoms with van der Waals surface area (Å²) in [6.07, 6.45) is 0. The summed E-state index contributed by atoms with van der Waals surface area (Å²) >= 11 is 0. The van der Waals surface area contributed by atoms with Crippen molar-refractivity contribution in [3.63, 3.8) is 0 Å². The first-order valence-corrected chi connectivity index (χ1v) is 12.9. The molecule has 146 valence electrons. The molecule has 0 saturated heterocycles. The molecule has 3 aromatic carbocycles. The van der Waals surface area contributed by atoms with E-state index in [1.807, 2.05) is 13.1 Å². The first-order chi connectivity index (χ1) is 13.0. The van der Waals surface area contributed by atoms with Crippen molar-refractivity contribution in [2.45, 2.75) is 54.6 Å². The van der Waals surface area contributed by atoms with Crippen LogP contribution in [0.2, 0.25) is 13.1 Å². The monoisotopic (exact) mass is 390 g/mol. The molecule has 3 rings (SSSR count). The SMILES string of the molecule is Cc1cc(C)c(-c2cccc(-c3c(C)cc(C)cc3C)c2[Si](C)(C)F)c(C)c1. The van der Waals surface area contributed by atoms with Gasteiger partial charge < -0.3 is 4.11 Å². The quantitative estimate of drug-likeness (QED) is 0.326. The molecule has 0 unspecified atom stereocenters. The minimum absolute atomic E-state index is 0.917. The molecule has 0 spiro atoms. The maximum atomic E-state index is 15.8. The lowest BCUT2D eigenvalue weighted by molar-refractivity contribution is 0.822. The van der Waals surface area contributed by atoms with E-state index in [1.54, 1.807) is 0 Å². The molecule has 0 aromatic heterocycles. The molecule has 0 atom stereocenters. The molecular weight excluding hydrogens is 359 g/mol. The number of halogens is 1. The van der Waals surface area contributed by atoms with E-state index in [0.717, 1.165) is 16.3 Å². The van der Waals surface area contributed by atoms with Crippen LogP contribution in [0.3, 0.4) is 0 Å². The van der Waals surface area contributed by atoms with Gasteiger partial charge in [-0.2, -0.15) is 0 Å². The fourth-order valence-corrected chi connectivity index (χ4v) is 6.52. The van der Waals surface area contributed by atoms with Crippen LogP contribution in [-0.4, -0.2) is 8.41 Å². The van der Waals surface area contributed by atoms with Crippen LogP contribution in [0.5, 0.6) is 0 Å². The normalized spacial score (nSPS) is 11.8. The third kappa shape index (κ3) is 3.71. The van der Waals surface area contributed by atoms with E-state index < -0.39 is 8.41 Å². The van der Waals surface area contributed by atoms with Crippen LogP contribution in [0, 0.1) is 41.5 Å². The zero-order chi connectivity index (χ0) is 20.8. The predicted molar refractivity (Wildman–Crippen MR) is 124 cm³/mol. The largest absolute Gasteiger partial charge is 0.308 e. The second-order valence-corrected chi connectivity index (χ2v) is 12.2. The Morgan fingerprint density at radius 2 is 0.929 bits per heavy atom. The summed E-state index contributed by atoms with van der Waals surface area (Å²) in [5.41, 5.74) is 11.8. The molecule has 0 bridgehead atoms. The zero-order valence-corrected chi connectivity index (χ0v) is 19.4. The molecule has 0 heterocycles. The number of hydrogen-bond donors (Lipinski definition) is 0. The first kappa shape index (κ1) is 20.5. The lowest BCUT2D eigenvalue weighted by atomic mass is 9.89. The summed E-state index contributed by atoms with van der Waals surface area (Å²) < 4.78 is 15.8. The molecule has 0 nitrogen and oxygen atoms in total.